The number of anilines is 1. The SMILES string of the molecule is CCCCCCNC(=O)CSc1nnc(NCc2ccco2)s1. The van der Waals surface area contributed by atoms with E-state index < -0.39 is 0 Å². The van der Waals surface area contributed by atoms with Gasteiger partial charge in [-0.15, -0.1) is 10.2 Å². The summed E-state index contributed by atoms with van der Waals surface area (Å²) in [5.74, 6) is 1.27. The lowest BCUT2D eigenvalue weighted by Gasteiger charge is -2.03. The molecule has 2 aromatic heterocycles. The number of amides is 1. The Morgan fingerprint density at radius 2 is 2.26 bits per heavy atom. The summed E-state index contributed by atoms with van der Waals surface area (Å²) < 4.78 is 6.02. The lowest BCUT2D eigenvalue weighted by atomic mass is 10.2. The van der Waals surface area contributed by atoms with Gasteiger partial charge in [0.25, 0.3) is 0 Å². The zero-order valence-electron chi connectivity index (χ0n) is 13.2. The van der Waals surface area contributed by atoms with Crippen LogP contribution in [0.2, 0.25) is 0 Å². The summed E-state index contributed by atoms with van der Waals surface area (Å²) >= 11 is 2.85. The zero-order chi connectivity index (χ0) is 16.3. The second kappa shape index (κ2) is 10.3. The molecule has 0 saturated carbocycles. The quantitative estimate of drug-likeness (QED) is 0.475. The van der Waals surface area contributed by atoms with Crippen molar-refractivity contribution in [3.8, 4) is 0 Å². The van der Waals surface area contributed by atoms with E-state index in [-0.39, 0.29) is 5.91 Å². The number of rotatable bonds is 11. The standard InChI is InChI=1S/C15H22N4O2S2/c1-2-3-4-5-8-16-13(20)11-22-15-19-18-14(23-15)17-10-12-7-6-9-21-12/h6-7,9H,2-5,8,10-11H2,1H3,(H,16,20)(H,17,18). The molecule has 0 aliphatic heterocycles. The van der Waals surface area contributed by atoms with Gasteiger partial charge >= 0.3 is 0 Å². The second-order valence-corrected chi connectivity index (χ2v) is 7.21. The molecule has 0 saturated heterocycles. The van der Waals surface area contributed by atoms with Crippen molar-refractivity contribution in [3.63, 3.8) is 0 Å². The summed E-state index contributed by atoms with van der Waals surface area (Å²) in [4.78, 5) is 11.7. The molecule has 0 aliphatic carbocycles. The first-order chi connectivity index (χ1) is 11.3. The predicted octanol–water partition coefficient (Wildman–Crippen LogP) is 3.53. The van der Waals surface area contributed by atoms with E-state index in [1.807, 2.05) is 12.1 Å². The summed E-state index contributed by atoms with van der Waals surface area (Å²) in [5.41, 5.74) is 0. The molecule has 0 atom stereocenters. The molecule has 0 fully saturated rings. The third-order valence-corrected chi connectivity index (χ3v) is 5.09. The molecule has 0 spiro atoms. The Morgan fingerprint density at radius 1 is 1.35 bits per heavy atom. The van der Waals surface area contributed by atoms with Crippen molar-refractivity contribution in [2.45, 2.75) is 43.5 Å². The van der Waals surface area contributed by atoms with Crippen LogP contribution >= 0.6 is 23.1 Å². The lowest BCUT2D eigenvalue weighted by Crippen LogP contribution is -2.26. The van der Waals surface area contributed by atoms with Crippen LogP contribution in [-0.2, 0) is 11.3 Å². The van der Waals surface area contributed by atoms with Gasteiger partial charge in [0, 0.05) is 6.54 Å². The van der Waals surface area contributed by atoms with E-state index in [0.717, 1.165) is 28.2 Å². The maximum absolute atomic E-state index is 11.7. The highest BCUT2D eigenvalue weighted by Gasteiger charge is 2.08. The van der Waals surface area contributed by atoms with Crippen LogP contribution in [0.5, 0.6) is 0 Å². The van der Waals surface area contributed by atoms with Crippen LogP contribution in [0.4, 0.5) is 5.13 Å². The van der Waals surface area contributed by atoms with Gasteiger partial charge < -0.3 is 15.1 Å². The van der Waals surface area contributed by atoms with E-state index in [0.29, 0.717) is 12.3 Å². The van der Waals surface area contributed by atoms with Gasteiger partial charge in [0.1, 0.15) is 5.76 Å². The number of unbranched alkanes of at least 4 members (excludes halogenated alkanes) is 3. The largest absolute Gasteiger partial charge is 0.467 e. The molecule has 8 heteroatoms. The Labute approximate surface area is 144 Å². The summed E-state index contributed by atoms with van der Waals surface area (Å²) in [7, 11) is 0. The third kappa shape index (κ3) is 7.04. The Kier molecular flexibility index (Phi) is 7.96. The minimum absolute atomic E-state index is 0.0480. The van der Waals surface area contributed by atoms with Crippen molar-refractivity contribution in [3.05, 3.63) is 24.2 Å². The first kappa shape index (κ1) is 17.8. The van der Waals surface area contributed by atoms with Gasteiger partial charge in [-0.2, -0.15) is 0 Å². The first-order valence-corrected chi connectivity index (χ1v) is 9.57. The number of nitrogens with zero attached hydrogens (tertiary/aromatic N) is 2. The predicted molar refractivity (Wildman–Crippen MR) is 93.8 cm³/mol. The lowest BCUT2D eigenvalue weighted by molar-refractivity contribution is -0.118. The Hall–Kier alpha value is -1.54. The fourth-order valence-electron chi connectivity index (χ4n) is 1.87. The molecule has 126 valence electrons. The van der Waals surface area contributed by atoms with Crippen molar-refractivity contribution >= 4 is 34.1 Å². The molecule has 2 aromatic rings. The Bertz CT molecular complexity index is 572. The highest BCUT2D eigenvalue weighted by Crippen LogP contribution is 2.25. The van der Waals surface area contributed by atoms with Gasteiger partial charge in [-0.3, -0.25) is 4.79 Å². The van der Waals surface area contributed by atoms with E-state index in [1.54, 1.807) is 6.26 Å². The Morgan fingerprint density at radius 3 is 3.04 bits per heavy atom. The number of carbonyl (C=O) groups is 1. The van der Waals surface area contributed by atoms with E-state index in [4.69, 9.17) is 4.42 Å². The molecule has 0 aliphatic rings. The highest BCUT2D eigenvalue weighted by atomic mass is 32.2. The number of hydrogen-bond acceptors (Lipinski definition) is 7. The molecular formula is C15H22N4O2S2. The average molecular weight is 355 g/mol. The molecule has 0 aromatic carbocycles. The van der Waals surface area contributed by atoms with Gasteiger partial charge in [-0.25, -0.2) is 0 Å². The van der Waals surface area contributed by atoms with Gasteiger partial charge in [0.2, 0.25) is 11.0 Å². The number of aromatic nitrogens is 2. The topological polar surface area (TPSA) is 80.0 Å². The summed E-state index contributed by atoms with van der Waals surface area (Å²) in [5, 5.41) is 14.9. The number of carbonyl (C=O) groups excluding carboxylic acids is 1. The van der Waals surface area contributed by atoms with Crippen molar-refractivity contribution in [1.82, 2.24) is 15.5 Å². The van der Waals surface area contributed by atoms with Crippen LogP contribution in [0.25, 0.3) is 0 Å². The first-order valence-electron chi connectivity index (χ1n) is 7.77. The molecule has 0 radical (unpaired) electrons. The van der Waals surface area contributed by atoms with Crippen LogP contribution < -0.4 is 10.6 Å². The molecule has 2 heterocycles. The molecule has 1 amide bonds. The van der Waals surface area contributed by atoms with Crippen molar-refractivity contribution < 1.29 is 9.21 Å². The third-order valence-electron chi connectivity index (χ3n) is 3.08. The maximum atomic E-state index is 11.7. The van der Waals surface area contributed by atoms with Gasteiger partial charge in [0.05, 0.1) is 18.6 Å². The fraction of sp³-hybridized carbons (Fsp3) is 0.533. The maximum Gasteiger partial charge on any atom is 0.230 e. The number of nitrogens with one attached hydrogen (secondary N) is 2. The van der Waals surface area contributed by atoms with Crippen molar-refractivity contribution in [1.29, 1.82) is 0 Å². The summed E-state index contributed by atoms with van der Waals surface area (Å²) in [6.45, 7) is 3.50. The average Bonchev–Trinajstić information content (AvgIpc) is 3.22. The molecule has 0 bridgehead atoms. The minimum atomic E-state index is 0.0480. The summed E-state index contributed by atoms with van der Waals surface area (Å²) in [6, 6.07) is 3.74. The normalized spacial score (nSPS) is 10.7. The molecule has 6 nitrogen and oxygen atoms in total. The number of thioether (sulfide) groups is 1. The van der Waals surface area contributed by atoms with Crippen LogP contribution in [0.15, 0.2) is 27.2 Å². The van der Waals surface area contributed by atoms with Gasteiger partial charge in [-0.1, -0.05) is 49.3 Å². The fourth-order valence-corrected chi connectivity index (χ4v) is 3.45. The monoisotopic (exact) mass is 354 g/mol. The van der Waals surface area contributed by atoms with Gasteiger partial charge in [-0.05, 0) is 18.6 Å². The number of furan rings is 1. The zero-order valence-corrected chi connectivity index (χ0v) is 14.8. The van der Waals surface area contributed by atoms with Gasteiger partial charge in [0.15, 0.2) is 4.34 Å². The number of hydrogen-bond donors (Lipinski definition) is 2. The van der Waals surface area contributed by atoms with Crippen molar-refractivity contribution in [2.75, 3.05) is 17.6 Å². The summed E-state index contributed by atoms with van der Waals surface area (Å²) in [6.07, 6.45) is 6.29. The Balaban J connectivity index is 1.61. The molecular weight excluding hydrogens is 332 g/mol. The van der Waals surface area contributed by atoms with Crippen LogP contribution in [0.1, 0.15) is 38.4 Å². The highest BCUT2D eigenvalue weighted by molar-refractivity contribution is 8.01. The second-order valence-electron chi connectivity index (χ2n) is 5.01. The molecule has 2 rings (SSSR count). The molecule has 0 unspecified atom stereocenters. The van der Waals surface area contributed by atoms with Crippen LogP contribution in [-0.4, -0.2) is 28.4 Å². The van der Waals surface area contributed by atoms with E-state index in [2.05, 4.69) is 27.8 Å². The molecule has 23 heavy (non-hydrogen) atoms. The molecule has 2 N–H and O–H groups in total. The smallest absolute Gasteiger partial charge is 0.230 e. The van der Waals surface area contributed by atoms with Crippen molar-refractivity contribution in [2.24, 2.45) is 0 Å². The van der Waals surface area contributed by atoms with E-state index >= 15 is 0 Å². The van der Waals surface area contributed by atoms with E-state index in [1.165, 1.54) is 42.4 Å². The van der Waals surface area contributed by atoms with E-state index in [9.17, 15) is 4.79 Å². The minimum Gasteiger partial charge on any atom is -0.467 e. The van der Waals surface area contributed by atoms with Crippen LogP contribution in [0.3, 0.4) is 0 Å². The van der Waals surface area contributed by atoms with Crippen LogP contribution in [0, 0.1) is 0 Å².